The molecule has 2 aromatic carbocycles. The maximum atomic E-state index is 11.3. The maximum absolute atomic E-state index is 11.3. The predicted molar refractivity (Wildman–Crippen MR) is 113 cm³/mol. The Kier molecular flexibility index (Phi) is 6.03. The minimum Gasteiger partial charge on any atom is -0.480 e. The second-order valence-corrected chi connectivity index (χ2v) is 8.08. The molecule has 1 heterocycles. The maximum Gasteiger partial charge on any atom is 0.316 e. The highest BCUT2D eigenvalue weighted by atomic mass is 35.5. The second kappa shape index (κ2) is 8.47. The van der Waals surface area contributed by atoms with Crippen LogP contribution in [0.4, 0.5) is 0 Å². The van der Waals surface area contributed by atoms with Crippen LogP contribution in [0, 0.1) is 18.3 Å². The van der Waals surface area contributed by atoms with Gasteiger partial charge in [-0.05, 0) is 37.6 Å². The molecule has 0 spiro atoms. The molecule has 0 amide bonds. The second-order valence-electron chi connectivity index (χ2n) is 6.32. The summed E-state index contributed by atoms with van der Waals surface area (Å²) in [4.78, 5) is 16.0. The Bertz CT molecular complexity index is 1060. The molecule has 6 heteroatoms. The van der Waals surface area contributed by atoms with Crippen LogP contribution in [0.25, 0.3) is 22.4 Å². The summed E-state index contributed by atoms with van der Waals surface area (Å²) in [5.41, 5.74) is 4.59. The van der Waals surface area contributed by atoms with Crippen LogP contribution >= 0.6 is 23.4 Å². The number of nitriles is 1. The van der Waals surface area contributed by atoms with Gasteiger partial charge in [0.05, 0.1) is 11.3 Å². The average Bonchev–Trinajstić information content (AvgIpc) is 2.68. The molecule has 0 unspecified atom stereocenters. The average molecular weight is 409 g/mol. The summed E-state index contributed by atoms with van der Waals surface area (Å²) >= 11 is 7.07. The van der Waals surface area contributed by atoms with Crippen LogP contribution in [-0.4, -0.2) is 21.3 Å². The summed E-state index contributed by atoms with van der Waals surface area (Å²) in [6, 6.07) is 19.2. The highest BCUT2D eigenvalue weighted by Gasteiger charge is 2.20. The number of carboxylic acids is 1. The first-order chi connectivity index (χ1) is 13.4. The monoisotopic (exact) mass is 408 g/mol. The van der Waals surface area contributed by atoms with E-state index in [9.17, 15) is 15.2 Å². The van der Waals surface area contributed by atoms with Crippen molar-refractivity contribution in [2.75, 3.05) is 0 Å². The van der Waals surface area contributed by atoms with Gasteiger partial charge >= 0.3 is 5.97 Å². The number of nitrogens with zero attached hydrogens (tertiary/aromatic N) is 2. The number of aryl methyl sites for hydroxylation is 1. The van der Waals surface area contributed by atoms with Crippen LogP contribution in [-0.2, 0) is 4.79 Å². The Labute approximate surface area is 172 Å². The van der Waals surface area contributed by atoms with Crippen LogP contribution in [0.15, 0.2) is 59.6 Å². The van der Waals surface area contributed by atoms with E-state index < -0.39 is 11.2 Å². The number of rotatable bonds is 5. The Morgan fingerprint density at radius 3 is 2.32 bits per heavy atom. The van der Waals surface area contributed by atoms with Crippen molar-refractivity contribution in [3.05, 3.63) is 70.7 Å². The van der Waals surface area contributed by atoms with Crippen LogP contribution in [0.5, 0.6) is 0 Å². The molecule has 0 saturated carbocycles. The lowest BCUT2D eigenvalue weighted by molar-refractivity contribution is -0.136. The molecule has 0 radical (unpaired) electrons. The van der Waals surface area contributed by atoms with E-state index in [0.29, 0.717) is 26.9 Å². The summed E-state index contributed by atoms with van der Waals surface area (Å²) in [5.74, 6) is -0.954. The SMILES string of the molecule is Cc1ccc(-c2cc(-c3ccc(Cl)cc3)c(C#N)c(S[C@@H](C)C(=O)O)n2)cc1. The molecule has 28 heavy (non-hydrogen) atoms. The Hall–Kier alpha value is -2.81. The molecule has 3 aromatic rings. The van der Waals surface area contributed by atoms with Crippen molar-refractivity contribution in [2.45, 2.75) is 24.1 Å². The summed E-state index contributed by atoms with van der Waals surface area (Å²) < 4.78 is 0. The van der Waals surface area contributed by atoms with Gasteiger partial charge in [0.15, 0.2) is 0 Å². The smallest absolute Gasteiger partial charge is 0.316 e. The molecule has 1 N–H and O–H groups in total. The van der Waals surface area contributed by atoms with Gasteiger partial charge in [-0.15, -0.1) is 0 Å². The van der Waals surface area contributed by atoms with E-state index in [1.54, 1.807) is 19.1 Å². The summed E-state index contributed by atoms with van der Waals surface area (Å²) in [6.07, 6.45) is 0. The fraction of sp³-hybridized carbons (Fsp3) is 0.136. The summed E-state index contributed by atoms with van der Waals surface area (Å²) in [7, 11) is 0. The third-order valence-electron chi connectivity index (χ3n) is 4.24. The van der Waals surface area contributed by atoms with Gasteiger partial charge in [-0.2, -0.15) is 5.26 Å². The molecule has 0 aliphatic carbocycles. The largest absolute Gasteiger partial charge is 0.480 e. The van der Waals surface area contributed by atoms with Gasteiger partial charge < -0.3 is 5.11 Å². The summed E-state index contributed by atoms with van der Waals surface area (Å²) in [6.45, 7) is 3.58. The molecule has 0 fully saturated rings. The van der Waals surface area contributed by atoms with Gasteiger partial charge in [0.2, 0.25) is 0 Å². The Morgan fingerprint density at radius 1 is 1.14 bits per heavy atom. The number of halogens is 1. The molecular formula is C22H17ClN2O2S. The molecule has 3 rings (SSSR count). The van der Waals surface area contributed by atoms with Gasteiger partial charge in [0, 0.05) is 16.1 Å². The highest BCUT2D eigenvalue weighted by molar-refractivity contribution is 8.00. The Balaban J connectivity index is 2.22. The van der Waals surface area contributed by atoms with Gasteiger partial charge in [0.1, 0.15) is 16.3 Å². The molecule has 0 aliphatic heterocycles. The zero-order chi connectivity index (χ0) is 20.3. The molecule has 4 nitrogen and oxygen atoms in total. The predicted octanol–water partition coefficient (Wildman–Crippen LogP) is 5.81. The van der Waals surface area contributed by atoms with Gasteiger partial charge in [-0.1, -0.05) is 65.3 Å². The number of aliphatic carboxylic acids is 1. The van der Waals surface area contributed by atoms with Crippen LogP contribution in [0.1, 0.15) is 18.1 Å². The number of pyridine rings is 1. The summed E-state index contributed by atoms with van der Waals surface area (Å²) in [5, 5.41) is 19.4. The van der Waals surface area contributed by atoms with Gasteiger partial charge in [0.25, 0.3) is 0 Å². The van der Waals surface area contributed by atoms with E-state index in [0.717, 1.165) is 28.5 Å². The highest BCUT2D eigenvalue weighted by Crippen LogP contribution is 2.36. The van der Waals surface area contributed by atoms with Crippen molar-refractivity contribution >= 4 is 29.3 Å². The number of carboxylic acid groups (broad SMARTS) is 1. The topological polar surface area (TPSA) is 74.0 Å². The van der Waals surface area contributed by atoms with Crippen molar-refractivity contribution in [1.82, 2.24) is 4.98 Å². The number of benzene rings is 2. The van der Waals surface area contributed by atoms with E-state index in [2.05, 4.69) is 11.1 Å². The molecule has 1 aromatic heterocycles. The number of hydrogen-bond acceptors (Lipinski definition) is 4. The van der Waals surface area contributed by atoms with Crippen LogP contribution in [0.3, 0.4) is 0 Å². The fourth-order valence-corrected chi connectivity index (χ4v) is 3.65. The van der Waals surface area contributed by atoms with Crippen molar-refractivity contribution in [1.29, 1.82) is 5.26 Å². The lowest BCUT2D eigenvalue weighted by Crippen LogP contribution is -2.12. The van der Waals surface area contributed by atoms with Gasteiger partial charge in [-0.3, -0.25) is 4.79 Å². The van der Waals surface area contributed by atoms with E-state index in [-0.39, 0.29) is 0 Å². The van der Waals surface area contributed by atoms with Gasteiger partial charge in [-0.25, -0.2) is 4.98 Å². The normalized spacial score (nSPS) is 11.6. The van der Waals surface area contributed by atoms with Crippen LogP contribution < -0.4 is 0 Å². The van der Waals surface area contributed by atoms with Crippen molar-refractivity contribution < 1.29 is 9.90 Å². The molecule has 0 saturated heterocycles. The zero-order valence-electron chi connectivity index (χ0n) is 15.3. The van der Waals surface area contributed by atoms with E-state index in [1.165, 1.54) is 0 Å². The third kappa shape index (κ3) is 4.36. The van der Waals surface area contributed by atoms with Crippen molar-refractivity contribution in [3.8, 4) is 28.5 Å². The fourth-order valence-electron chi connectivity index (χ4n) is 2.66. The minimum atomic E-state index is -0.954. The van der Waals surface area contributed by atoms with Crippen molar-refractivity contribution in [3.63, 3.8) is 0 Å². The molecule has 0 bridgehead atoms. The molecule has 0 aliphatic rings. The molecule has 140 valence electrons. The minimum absolute atomic E-state index is 0.358. The number of thioether (sulfide) groups is 1. The molecule has 1 atom stereocenters. The zero-order valence-corrected chi connectivity index (χ0v) is 16.9. The first-order valence-corrected chi connectivity index (χ1v) is 9.82. The number of carbonyl (C=O) groups is 1. The lowest BCUT2D eigenvalue weighted by atomic mass is 9.99. The number of hydrogen-bond donors (Lipinski definition) is 1. The van der Waals surface area contributed by atoms with E-state index in [4.69, 9.17) is 11.6 Å². The van der Waals surface area contributed by atoms with E-state index in [1.807, 2.05) is 49.4 Å². The third-order valence-corrected chi connectivity index (χ3v) is 5.56. The van der Waals surface area contributed by atoms with Crippen LogP contribution in [0.2, 0.25) is 5.02 Å². The first kappa shape index (κ1) is 19.9. The lowest BCUT2D eigenvalue weighted by Gasteiger charge is -2.14. The standard InChI is InChI=1S/C22H17ClN2O2S/c1-13-3-5-16(6-4-13)20-11-18(15-7-9-17(23)10-8-15)19(12-24)21(25-20)28-14(2)22(26)27/h3-11,14H,1-2H3,(H,26,27)/t14-/m0/s1. The number of aromatic nitrogens is 1. The molecular weight excluding hydrogens is 392 g/mol. The van der Waals surface area contributed by atoms with Crippen molar-refractivity contribution in [2.24, 2.45) is 0 Å². The first-order valence-electron chi connectivity index (χ1n) is 8.56. The van der Waals surface area contributed by atoms with E-state index >= 15 is 0 Å². The quantitative estimate of drug-likeness (QED) is 0.539. The Morgan fingerprint density at radius 2 is 1.75 bits per heavy atom.